The van der Waals surface area contributed by atoms with Gasteiger partial charge in [0.25, 0.3) is 5.90 Å². The lowest BCUT2D eigenvalue weighted by atomic mass is 10.4. The smallest absolute Gasteiger partial charge is 0.258 e. The SMILES string of the molecule is C(=C1\CN=C(c2ccco2)O1)/c1cccs1. The van der Waals surface area contributed by atoms with Crippen molar-refractivity contribution in [1.82, 2.24) is 0 Å². The zero-order valence-electron chi connectivity index (χ0n) is 8.42. The lowest BCUT2D eigenvalue weighted by Gasteiger charge is -1.98. The highest BCUT2D eigenvalue weighted by molar-refractivity contribution is 7.10. The monoisotopic (exact) mass is 231 g/mol. The molecule has 80 valence electrons. The first-order valence-corrected chi connectivity index (χ1v) is 5.80. The molecule has 0 spiro atoms. The first-order chi connectivity index (χ1) is 7.92. The minimum atomic E-state index is 0.563. The number of furan rings is 1. The van der Waals surface area contributed by atoms with Crippen LogP contribution in [0.4, 0.5) is 0 Å². The van der Waals surface area contributed by atoms with Gasteiger partial charge in [0.15, 0.2) is 5.76 Å². The molecular formula is C12H9NO2S. The molecular weight excluding hydrogens is 222 g/mol. The summed E-state index contributed by atoms with van der Waals surface area (Å²) in [6.07, 6.45) is 3.62. The molecule has 2 aromatic heterocycles. The van der Waals surface area contributed by atoms with E-state index < -0.39 is 0 Å². The maximum Gasteiger partial charge on any atom is 0.258 e. The lowest BCUT2D eigenvalue weighted by molar-refractivity contribution is 0.425. The predicted molar refractivity (Wildman–Crippen MR) is 63.5 cm³/mol. The van der Waals surface area contributed by atoms with E-state index in [0.29, 0.717) is 18.2 Å². The van der Waals surface area contributed by atoms with Gasteiger partial charge in [-0.15, -0.1) is 11.3 Å². The molecule has 3 nitrogen and oxygen atoms in total. The minimum absolute atomic E-state index is 0.563. The van der Waals surface area contributed by atoms with E-state index in [9.17, 15) is 0 Å². The van der Waals surface area contributed by atoms with Crippen molar-refractivity contribution >= 4 is 23.3 Å². The Labute approximate surface area is 96.7 Å². The van der Waals surface area contributed by atoms with E-state index in [1.807, 2.05) is 35.7 Å². The molecule has 2 aromatic rings. The van der Waals surface area contributed by atoms with Crippen molar-refractivity contribution in [2.75, 3.05) is 6.54 Å². The molecule has 1 aliphatic heterocycles. The summed E-state index contributed by atoms with van der Waals surface area (Å²) in [7, 11) is 0. The molecule has 0 aromatic carbocycles. The van der Waals surface area contributed by atoms with Gasteiger partial charge in [0.2, 0.25) is 0 Å². The van der Waals surface area contributed by atoms with E-state index in [1.165, 1.54) is 4.88 Å². The third-order valence-electron chi connectivity index (χ3n) is 2.18. The zero-order chi connectivity index (χ0) is 10.8. The molecule has 0 saturated heterocycles. The number of hydrogen-bond donors (Lipinski definition) is 0. The summed E-state index contributed by atoms with van der Waals surface area (Å²) in [6, 6.07) is 7.72. The van der Waals surface area contributed by atoms with Gasteiger partial charge in [-0.1, -0.05) is 6.07 Å². The Bertz CT molecular complexity index is 523. The van der Waals surface area contributed by atoms with Gasteiger partial charge in [-0.3, -0.25) is 0 Å². The Hall–Kier alpha value is -1.81. The van der Waals surface area contributed by atoms with Gasteiger partial charge in [0.1, 0.15) is 12.3 Å². The molecule has 0 unspecified atom stereocenters. The van der Waals surface area contributed by atoms with E-state index in [1.54, 1.807) is 17.6 Å². The first-order valence-electron chi connectivity index (χ1n) is 4.92. The second-order valence-electron chi connectivity index (χ2n) is 3.33. The largest absolute Gasteiger partial charge is 0.459 e. The number of thiophene rings is 1. The summed E-state index contributed by atoms with van der Waals surface area (Å²) in [6.45, 7) is 0.577. The molecule has 1 aliphatic rings. The Morgan fingerprint density at radius 1 is 1.31 bits per heavy atom. The Balaban J connectivity index is 1.77. The van der Waals surface area contributed by atoms with Gasteiger partial charge >= 0.3 is 0 Å². The second-order valence-corrected chi connectivity index (χ2v) is 4.31. The Kier molecular flexibility index (Phi) is 2.34. The third kappa shape index (κ3) is 1.79. The van der Waals surface area contributed by atoms with Crippen LogP contribution >= 0.6 is 11.3 Å². The second kappa shape index (κ2) is 3.98. The van der Waals surface area contributed by atoms with Crippen molar-refractivity contribution in [1.29, 1.82) is 0 Å². The van der Waals surface area contributed by atoms with Crippen LogP contribution in [0.2, 0.25) is 0 Å². The molecule has 0 bridgehead atoms. The fourth-order valence-electron chi connectivity index (χ4n) is 1.47. The Morgan fingerprint density at radius 2 is 2.31 bits per heavy atom. The number of hydrogen-bond acceptors (Lipinski definition) is 4. The third-order valence-corrected chi connectivity index (χ3v) is 3.00. The Morgan fingerprint density at radius 3 is 3.06 bits per heavy atom. The van der Waals surface area contributed by atoms with Gasteiger partial charge in [0.05, 0.1) is 6.26 Å². The highest BCUT2D eigenvalue weighted by Gasteiger charge is 2.17. The van der Waals surface area contributed by atoms with Gasteiger partial charge in [0, 0.05) is 4.88 Å². The number of ether oxygens (including phenoxy) is 1. The summed E-state index contributed by atoms with van der Waals surface area (Å²) in [5, 5.41) is 2.04. The molecule has 0 aliphatic carbocycles. The van der Waals surface area contributed by atoms with Crippen LogP contribution in [0.25, 0.3) is 6.08 Å². The predicted octanol–water partition coefficient (Wildman–Crippen LogP) is 3.16. The van der Waals surface area contributed by atoms with Crippen molar-refractivity contribution in [3.05, 3.63) is 52.3 Å². The molecule has 0 amide bonds. The van der Waals surface area contributed by atoms with E-state index in [4.69, 9.17) is 9.15 Å². The molecule has 3 heterocycles. The van der Waals surface area contributed by atoms with E-state index in [0.717, 1.165) is 5.76 Å². The maximum absolute atomic E-state index is 5.60. The van der Waals surface area contributed by atoms with Gasteiger partial charge in [-0.05, 0) is 29.7 Å². The van der Waals surface area contributed by atoms with Crippen LogP contribution in [-0.2, 0) is 4.74 Å². The van der Waals surface area contributed by atoms with Crippen LogP contribution in [0.5, 0.6) is 0 Å². The van der Waals surface area contributed by atoms with Crippen molar-refractivity contribution in [3.63, 3.8) is 0 Å². The number of rotatable bonds is 2. The van der Waals surface area contributed by atoms with Crippen LogP contribution in [-0.4, -0.2) is 12.4 Å². The van der Waals surface area contributed by atoms with Crippen molar-refractivity contribution in [2.24, 2.45) is 4.99 Å². The van der Waals surface area contributed by atoms with E-state index >= 15 is 0 Å². The maximum atomic E-state index is 5.60. The molecule has 0 fully saturated rings. The molecule has 0 atom stereocenters. The quantitative estimate of drug-likeness (QED) is 0.795. The van der Waals surface area contributed by atoms with E-state index in [2.05, 4.69) is 4.99 Å². The molecule has 0 N–H and O–H groups in total. The highest BCUT2D eigenvalue weighted by Crippen LogP contribution is 2.20. The van der Waals surface area contributed by atoms with Gasteiger partial charge in [-0.25, -0.2) is 4.99 Å². The molecule has 16 heavy (non-hydrogen) atoms. The molecule has 0 saturated carbocycles. The molecule has 3 rings (SSSR count). The summed E-state index contributed by atoms with van der Waals surface area (Å²) >= 11 is 1.68. The van der Waals surface area contributed by atoms with Crippen molar-refractivity contribution in [2.45, 2.75) is 0 Å². The average Bonchev–Trinajstić information content (AvgIpc) is 2.99. The first kappa shape index (κ1) is 9.42. The molecule has 4 heteroatoms. The average molecular weight is 231 g/mol. The fourth-order valence-corrected chi connectivity index (χ4v) is 2.14. The summed E-state index contributed by atoms with van der Waals surface area (Å²) < 4.78 is 10.8. The number of aliphatic imine (C=N–C) groups is 1. The summed E-state index contributed by atoms with van der Waals surface area (Å²) in [5.74, 6) is 2.09. The molecule has 0 radical (unpaired) electrons. The van der Waals surface area contributed by atoms with Gasteiger partial charge < -0.3 is 9.15 Å². The topological polar surface area (TPSA) is 34.7 Å². The zero-order valence-corrected chi connectivity index (χ0v) is 9.24. The van der Waals surface area contributed by atoms with Crippen LogP contribution in [0.3, 0.4) is 0 Å². The minimum Gasteiger partial charge on any atom is -0.459 e. The normalized spacial score (nSPS) is 17.5. The van der Waals surface area contributed by atoms with Crippen LogP contribution in [0.1, 0.15) is 10.6 Å². The summed E-state index contributed by atoms with van der Waals surface area (Å²) in [4.78, 5) is 5.45. The summed E-state index contributed by atoms with van der Waals surface area (Å²) in [5.41, 5.74) is 0. The number of nitrogens with zero attached hydrogens (tertiary/aromatic N) is 1. The standard InChI is InChI=1S/C12H9NO2S/c1-4-11(14-5-1)12-13-8-9(15-12)7-10-3-2-6-16-10/h1-7H,8H2/b9-7-. The van der Waals surface area contributed by atoms with Crippen molar-refractivity contribution in [3.8, 4) is 0 Å². The van der Waals surface area contributed by atoms with Crippen LogP contribution in [0, 0.1) is 0 Å². The van der Waals surface area contributed by atoms with Crippen LogP contribution in [0.15, 0.2) is 51.1 Å². The van der Waals surface area contributed by atoms with E-state index in [-0.39, 0.29) is 0 Å². The highest BCUT2D eigenvalue weighted by atomic mass is 32.1. The lowest BCUT2D eigenvalue weighted by Crippen LogP contribution is -1.97. The van der Waals surface area contributed by atoms with Crippen molar-refractivity contribution < 1.29 is 9.15 Å². The van der Waals surface area contributed by atoms with Gasteiger partial charge in [-0.2, -0.15) is 0 Å². The fraction of sp³-hybridized carbons (Fsp3) is 0.0833. The van der Waals surface area contributed by atoms with Crippen LogP contribution < -0.4 is 0 Å².